The summed E-state index contributed by atoms with van der Waals surface area (Å²) in [7, 11) is -3.56. The zero-order valence-electron chi connectivity index (χ0n) is 14.3. The Morgan fingerprint density at radius 1 is 1.40 bits per heavy atom. The first kappa shape index (κ1) is 18.3. The number of hydrogen-bond donors (Lipinski definition) is 1. The third-order valence-electron chi connectivity index (χ3n) is 4.54. The molecule has 1 saturated heterocycles. The summed E-state index contributed by atoms with van der Waals surface area (Å²) in [5, 5.41) is 0.732. The fourth-order valence-corrected chi connectivity index (χ4v) is 5.51. The van der Waals surface area contributed by atoms with Crippen molar-refractivity contribution in [2.45, 2.75) is 31.2 Å². The monoisotopic (exact) mass is 382 g/mol. The number of fused-ring (bicyclic) bond motifs is 1. The molecular weight excluding hydrogens is 360 g/mol. The third-order valence-corrected chi connectivity index (χ3v) is 7.49. The molecule has 136 valence electrons. The van der Waals surface area contributed by atoms with Crippen molar-refractivity contribution >= 4 is 37.4 Å². The number of esters is 1. The van der Waals surface area contributed by atoms with Crippen LogP contribution in [0.2, 0.25) is 0 Å². The van der Waals surface area contributed by atoms with Crippen LogP contribution in [-0.2, 0) is 14.8 Å². The topological polar surface area (TPSA) is 89.7 Å². The first-order valence-corrected chi connectivity index (χ1v) is 10.5. The fraction of sp³-hybridized carbons (Fsp3) is 0.471. The molecule has 1 aromatic heterocycles. The highest BCUT2D eigenvalue weighted by atomic mass is 32.2. The van der Waals surface area contributed by atoms with E-state index in [9.17, 15) is 13.2 Å². The molecule has 2 unspecified atom stereocenters. The van der Waals surface area contributed by atoms with Gasteiger partial charge in [0, 0.05) is 23.8 Å². The van der Waals surface area contributed by atoms with Gasteiger partial charge in [-0.15, -0.1) is 11.3 Å². The molecule has 1 aliphatic heterocycles. The van der Waals surface area contributed by atoms with Gasteiger partial charge in [0.05, 0.1) is 11.5 Å². The molecule has 0 bridgehead atoms. The van der Waals surface area contributed by atoms with Crippen molar-refractivity contribution in [2.24, 2.45) is 11.7 Å². The fourth-order valence-electron chi connectivity index (χ4n) is 2.98. The Labute approximate surface area is 151 Å². The van der Waals surface area contributed by atoms with Crippen LogP contribution >= 0.6 is 11.3 Å². The van der Waals surface area contributed by atoms with Crippen molar-refractivity contribution in [3.05, 3.63) is 29.1 Å². The van der Waals surface area contributed by atoms with Crippen LogP contribution in [0.25, 0.3) is 10.1 Å². The van der Waals surface area contributed by atoms with Gasteiger partial charge in [0.25, 0.3) is 0 Å². The van der Waals surface area contributed by atoms with E-state index in [0.717, 1.165) is 10.1 Å². The summed E-state index contributed by atoms with van der Waals surface area (Å²) in [6.45, 7) is 4.90. The molecule has 1 aromatic carbocycles. The number of rotatable bonds is 4. The molecule has 25 heavy (non-hydrogen) atoms. The lowest BCUT2D eigenvalue weighted by Crippen LogP contribution is -2.48. The van der Waals surface area contributed by atoms with Crippen molar-refractivity contribution in [2.75, 3.05) is 19.7 Å². The van der Waals surface area contributed by atoms with E-state index in [1.165, 1.54) is 15.6 Å². The van der Waals surface area contributed by atoms with E-state index in [1.807, 2.05) is 6.92 Å². The van der Waals surface area contributed by atoms with E-state index in [-0.39, 0.29) is 22.8 Å². The third kappa shape index (κ3) is 3.57. The van der Waals surface area contributed by atoms with Crippen LogP contribution in [0.3, 0.4) is 0 Å². The highest BCUT2D eigenvalue weighted by Crippen LogP contribution is 2.30. The number of benzene rings is 1. The Kier molecular flexibility index (Phi) is 5.15. The maximum absolute atomic E-state index is 12.9. The standard InChI is InChI=1S/C17H22N2O4S2/c1-3-23-17(20)16-9-12-8-13(4-5-15(12)24-16)25(21,22)19-7-6-14(18)11(2)10-19/h4-5,8-9,11,14H,3,6-7,10,18H2,1-2H3. The number of sulfonamides is 1. The Balaban J connectivity index is 1.91. The Hall–Kier alpha value is -1.48. The summed E-state index contributed by atoms with van der Waals surface area (Å²) in [4.78, 5) is 12.6. The van der Waals surface area contributed by atoms with Gasteiger partial charge < -0.3 is 10.5 Å². The first-order chi connectivity index (χ1) is 11.8. The highest BCUT2D eigenvalue weighted by molar-refractivity contribution is 7.89. The van der Waals surface area contributed by atoms with E-state index < -0.39 is 10.0 Å². The second kappa shape index (κ2) is 7.03. The molecule has 8 heteroatoms. The van der Waals surface area contributed by atoms with Crippen molar-refractivity contribution in [3.63, 3.8) is 0 Å². The van der Waals surface area contributed by atoms with E-state index in [0.29, 0.717) is 31.0 Å². The van der Waals surface area contributed by atoms with E-state index in [4.69, 9.17) is 10.5 Å². The van der Waals surface area contributed by atoms with E-state index >= 15 is 0 Å². The minimum absolute atomic E-state index is 0.0398. The van der Waals surface area contributed by atoms with Gasteiger partial charge in [-0.1, -0.05) is 6.92 Å². The number of hydrogen-bond acceptors (Lipinski definition) is 6. The zero-order chi connectivity index (χ0) is 18.2. The summed E-state index contributed by atoms with van der Waals surface area (Å²) < 4.78 is 33.2. The number of carbonyl (C=O) groups is 1. The summed E-state index contributed by atoms with van der Waals surface area (Å²) in [5.41, 5.74) is 5.99. The lowest BCUT2D eigenvalue weighted by molar-refractivity contribution is 0.0532. The molecule has 2 heterocycles. The summed E-state index contributed by atoms with van der Waals surface area (Å²) in [6, 6.07) is 6.70. The number of ether oxygens (including phenoxy) is 1. The van der Waals surface area contributed by atoms with E-state index in [1.54, 1.807) is 31.2 Å². The Morgan fingerprint density at radius 2 is 2.16 bits per heavy atom. The zero-order valence-corrected chi connectivity index (χ0v) is 15.9. The number of nitrogens with two attached hydrogens (primary N) is 1. The van der Waals surface area contributed by atoms with Crippen LogP contribution in [0, 0.1) is 5.92 Å². The second-order valence-electron chi connectivity index (χ2n) is 6.32. The van der Waals surface area contributed by atoms with Gasteiger partial charge in [0.1, 0.15) is 4.88 Å². The predicted molar refractivity (Wildman–Crippen MR) is 98.3 cm³/mol. The molecule has 2 atom stereocenters. The minimum Gasteiger partial charge on any atom is -0.462 e. The average Bonchev–Trinajstić information content (AvgIpc) is 3.00. The van der Waals surface area contributed by atoms with Gasteiger partial charge in [-0.05, 0) is 48.9 Å². The van der Waals surface area contributed by atoms with Crippen LogP contribution in [0.4, 0.5) is 0 Å². The van der Waals surface area contributed by atoms with Crippen LogP contribution in [0.5, 0.6) is 0 Å². The SMILES string of the molecule is CCOC(=O)c1cc2cc(S(=O)(=O)N3CCC(N)C(C)C3)ccc2s1. The van der Waals surface area contributed by atoms with Gasteiger partial charge in [-0.25, -0.2) is 13.2 Å². The molecule has 2 N–H and O–H groups in total. The Bertz CT molecular complexity index is 891. The molecule has 3 rings (SSSR count). The number of nitrogens with zero attached hydrogens (tertiary/aromatic N) is 1. The maximum atomic E-state index is 12.9. The predicted octanol–water partition coefficient (Wildman–Crippen LogP) is 2.44. The summed E-state index contributed by atoms with van der Waals surface area (Å²) >= 11 is 1.30. The Morgan fingerprint density at radius 3 is 2.84 bits per heavy atom. The van der Waals surface area contributed by atoms with Gasteiger partial charge in [0.2, 0.25) is 10.0 Å². The van der Waals surface area contributed by atoms with Crippen molar-refractivity contribution < 1.29 is 17.9 Å². The van der Waals surface area contributed by atoms with Crippen molar-refractivity contribution in [1.82, 2.24) is 4.31 Å². The maximum Gasteiger partial charge on any atom is 0.348 e. The molecular formula is C17H22N2O4S2. The van der Waals surface area contributed by atoms with Gasteiger partial charge in [-0.2, -0.15) is 4.31 Å². The molecule has 0 spiro atoms. The van der Waals surface area contributed by atoms with Gasteiger partial charge >= 0.3 is 5.97 Å². The van der Waals surface area contributed by atoms with Crippen molar-refractivity contribution in [1.29, 1.82) is 0 Å². The van der Waals surface area contributed by atoms with Gasteiger partial charge in [0.15, 0.2) is 0 Å². The largest absolute Gasteiger partial charge is 0.462 e. The summed E-state index contributed by atoms with van der Waals surface area (Å²) in [5.74, 6) is -0.254. The number of piperidine rings is 1. The molecule has 0 amide bonds. The molecule has 0 radical (unpaired) electrons. The normalized spacial score (nSPS) is 22.2. The molecule has 1 aliphatic rings. The molecule has 1 fully saturated rings. The quantitative estimate of drug-likeness (QED) is 0.820. The van der Waals surface area contributed by atoms with Crippen LogP contribution in [0.1, 0.15) is 29.9 Å². The molecule has 2 aromatic rings. The van der Waals surface area contributed by atoms with Crippen molar-refractivity contribution in [3.8, 4) is 0 Å². The minimum atomic E-state index is -3.56. The summed E-state index contributed by atoms with van der Waals surface area (Å²) in [6.07, 6.45) is 0.661. The average molecular weight is 383 g/mol. The molecule has 6 nitrogen and oxygen atoms in total. The smallest absolute Gasteiger partial charge is 0.348 e. The lowest BCUT2D eigenvalue weighted by atomic mass is 9.96. The van der Waals surface area contributed by atoms with E-state index in [2.05, 4.69) is 0 Å². The second-order valence-corrected chi connectivity index (χ2v) is 9.35. The molecule has 0 saturated carbocycles. The van der Waals surface area contributed by atoms with Crippen LogP contribution in [-0.4, -0.2) is 44.4 Å². The van der Waals surface area contributed by atoms with Gasteiger partial charge in [-0.3, -0.25) is 0 Å². The highest BCUT2D eigenvalue weighted by Gasteiger charge is 2.32. The van der Waals surface area contributed by atoms with Crippen LogP contribution < -0.4 is 5.73 Å². The lowest BCUT2D eigenvalue weighted by Gasteiger charge is -2.34. The van der Waals surface area contributed by atoms with Crippen LogP contribution in [0.15, 0.2) is 29.2 Å². The first-order valence-electron chi connectivity index (χ1n) is 8.29. The number of carbonyl (C=O) groups excluding carboxylic acids is 1. The molecule has 0 aliphatic carbocycles. The number of thiophene rings is 1.